The molecule has 0 radical (unpaired) electrons. The van der Waals surface area contributed by atoms with Gasteiger partial charge in [-0.2, -0.15) is 0 Å². The summed E-state index contributed by atoms with van der Waals surface area (Å²) in [5.74, 6) is 1.39. The molecule has 2 fully saturated rings. The van der Waals surface area contributed by atoms with Crippen LogP contribution in [0.15, 0.2) is 0 Å². The van der Waals surface area contributed by atoms with Gasteiger partial charge >= 0.3 is 0 Å². The van der Waals surface area contributed by atoms with Crippen molar-refractivity contribution in [2.75, 3.05) is 19.6 Å². The summed E-state index contributed by atoms with van der Waals surface area (Å²) in [6, 6.07) is 0. The van der Waals surface area contributed by atoms with Crippen LogP contribution in [0.2, 0.25) is 0 Å². The van der Waals surface area contributed by atoms with Gasteiger partial charge in [-0.3, -0.25) is 9.59 Å². The molecule has 0 bridgehead atoms. The van der Waals surface area contributed by atoms with E-state index >= 15 is 0 Å². The number of hydrogen-bond acceptors (Lipinski definition) is 2. The van der Waals surface area contributed by atoms with Crippen LogP contribution >= 0.6 is 0 Å². The van der Waals surface area contributed by atoms with Crippen molar-refractivity contribution < 1.29 is 9.59 Å². The molecule has 4 nitrogen and oxygen atoms in total. The van der Waals surface area contributed by atoms with Crippen molar-refractivity contribution in [3.05, 3.63) is 0 Å². The highest BCUT2D eigenvalue weighted by molar-refractivity contribution is 5.82. The van der Waals surface area contributed by atoms with Gasteiger partial charge in [0, 0.05) is 31.0 Å². The lowest BCUT2D eigenvalue weighted by Gasteiger charge is -2.35. The van der Waals surface area contributed by atoms with Gasteiger partial charge in [0.1, 0.15) is 0 Å². The lowest BCUT2D eigenvalue weighted by molar-refractivity contribution is -0.142. The molecule has 2 aliphatic rings. The maximum atomic E-state index is 12.3. The summed E-state index contributed by atoms with van der Waals surface area (Å²) in [5.41, 5.74) is -0.324. The molecule has 2 amide bonds. The number of rotatable bonds is 5. The van der Waals surface area contributed by atoms with Crippen LogP contribution in [0.25, 0.3) is 0 Å². The van der Waals surface area contributed by atoms with E-state index in [1.165, 1.54) is 32.1 Å². The molecule has 1 N–H and O–H groups in total. The second-order valence-electron chi connectivity index (χ2n) is 8.40. The Hall–Kier alpha value is -1.06. The first kappa shape index (κ1) is 18.3. The molecule has 0 spiro atoms. The number of nitrogens with zero attached hydrogens (tertiary/aromatic N) is 1. The number of carbonyl (C=O) groups excluding carboxylic acids is 2. The summed E-state index contributed by atoms with van der Waals surface area (Å²) >= 11 is 0. The molecule has 1 aliphatic heterocycles. The number of amides is 2. The lowest BCUT2D eigenvalue weighted by Crippen LogP contribution is -2.46. The normalized spacial score (nSPS) is 20.7. The van der Waals surface area contributed by atoms with Crippen LogP contribution in [0.1, 0.15) is 72.1 Å². The Labute approximate surface area is 141 Å². The minimum absolute atomic E-state index is 0.0884. The van der Waals surface area contributed by atoms with Crippen LogP contribution in [0.4, 0.5) is 0 Å². The van der Waals surface area contributed by atoms with E-state index < -0.39 is 0 Å². The van der Waals surface area contributed by atoms with Crippen LogP contribution in [-0.2, 0) is 9.59 Å². The van der Waals surface area contributed by atoms with Crippen molar-refractivity contribution in [1.82, 2.24) is 10.2 Å². The smallest absolute Gasteiger partial charge is 0.227 e. The predicted molar refractivity (Wildman–Crippen MR) is 93.0 cm³/mol. The molecule has 4 heteroatoms. The zero-order chi connectivity index (χ0) is 16.9. The van der Waals surface area contributed by atoms with Crippen molar-refractivity contribution in [2.24, 2.45) is 17.3 Å². The average Bonchev–Trinajstić information content (AvgIpc) is 3.03. The molecule has 1 saturated carbocycles. The summed E-state index contributed by atoms with van der Waals surface area (Å²) in [6.07, 6.45) is 9.53. The zero-order valence-corrected chi connectivity index (χ0v) is 15.2. The van der Waals surface area contributed by atoms with E-state index in [-0.39, 0.29) is 23.1 Å². The Morgan fingerprint density at radius 2 is 1.65 bits per heavy atom. The molecule has 132 valence electrons. The molecular weight excluding hydrogens is 288 g/mol. The van der Waals surface area contributed by atoms with Gasteiger partial charge in [-0.25, -0.2) is 0 Å². The van der Waals surface area contributed by atoms with Gasteiger partial charge in [0.05, 0.1) is 0 Å². The molecule has 0 unspecified atom stereocenters. The van der Waals surface area contributed by atoms with E-state index in [1.54, 1.807) is 0 Å². The average molecular weight is 322 g/mol. The Morgan fingerprint density at radius 1 is 1.04 bits per heavy atom. The summed E-state index contributed by atoms with van der Waals surface area (Å²) in [6.45, 7) is 8.12. The van der Waals surface area contributed by atoms with Crippen LogP contribution in [0.5, 0.6) is 0 Å². The van der Waals surface area contributed by atoms with Gasteiger partial charge in [-0.15, -0.1) is 0 Å². The second kappa shape index (κ2) is 8.16. The molecular formula is C19H34N2O2. The first-order valence-corrected chi connectivity index (χ1v) is 9.45. The molecule has 0 aromatic heterocycles. The number of likely N-dealkylation sites (tertiary alicyclic amines) is 1. The van der Waals surface area contributed by atoms with Gasteiger partial charge in [-0.1, -0.05) is 46.5 Å². The van der Waals surface area contributed by atoms with Crippen molar-refractivity contribution in [3.8, 4) is 0 Å². The van der Waals surface area contributed by atoms with E-state index in [9.17, 15) is 9.59 Å². The minimum atomic E-state index is -0.324. The molecule has 0 aromatic rings. The Morgan fingerprint density at radius 3 is 2.22 bits per heavy atom. The van der Waals surface area contributed by atoms with E-state index in [2.05, 4.69) is 5.32 Å². The number of piperidine rings is 1. The quantitative estimate of drug-likeness (QED) is 0.789. The van der Waals surface area contributed by atoms with Crippen molar-refractivity contribution in [2.45, 2.75) is 72.1 Å². The first-order chi connectivity index (χ1) is 10.9. The molecule has 0 atom stereocenters. The third-order valence-electron chi connectivity index (χ3n) is 5.36. The Bertz CT molecular complexity index is 400. The third kappa shape index (κ3) is 5.50. The molecule has 1 heterocycles. The molecule has 2 rings (SSSR count). The summed E-state index contributed by atoms with van der Waals surface area (Å²) in [4.78, 5) is 26.4. The summed E-state index contributed by atoms with van der Waals surface area (Å²) < 4.78 is 0. The number of hydrogen-bond donors (Lipinski definition) is 1. The maximum Gasteiger partial charge on any atom is 0.227 e. The van der Waals surface area contributed by atoms with Crippen molar-refractivity contribution in [3.63, 3.8) is 0 Å². The van der Waals surface area contributed by atoms with Gasteiger partial charge in [-0.05, 0) is 31.6 Å². The Balaban J connectivity index is 1.62. The number of carbonyl (C=O) groups is 2. The first-order valence-electron chi connectivity index (χ1n) is 9.45. The fraction of sp³-hybridized carbons (Fsp3) is 0.895. The van der Waals surface area contributed by atoms with E-state index in [4.69, 9.17) is 0 Å². The van der Waals surface area contributed by atoms with Crippen LogP contribution in [-0.4, -0.2) is 36.3 Å². The lowest BCUT2D eigenvalue weighted by atomic mass is 9.90. The Kier molecular flexibility index (Phi) is 6.49. The highest BCUT2D eigenvalue weighted by atomic mass is 16.2. The molecule has 1 saturated heterocycles. The van der Waals surface area contributed by atoms with E-state index in [1.807, 2.05) is 25.7 Å². The highest BCUT2D eigenvalue weighted by Gasteiger charge is 2.32. The zero-order valence-electron chi connectivity index (χ0n) is 15.2. The topological polar surface area (TPSA) is 49.4 Å². The van der Waals surface area contributed by atoms with E-state index in [0.29, 0.717) is 0 Å². The fourth-order valence-corrected chi connectivity index (χ4v) is 3.86. The van der Waals surface area contributed by atoms with Gasteiger partial charge in [0.15, 0.2) is 0 Å². The monoisotopic (exact) mass is 322 g/mol. The second-order valence-corrected chi connectivity index (χ2v) is 8.40. The highest BCUT2D eigenvalue weighted by Crippen LogP contribution is 2.28. The minimum Gasteiger partial charge on any atom is -0.356 e. The SMILES string of the molecule is CC(C)(C)C(=O)N1CCC(C(=O)NCCCC2CCCC2)CC1. The van der Waals surface area contributed by atoms with Crippen LogP contribution in [0.3, 0.4) is 0 Å². The van der Waals surface area contributed by atoms with Crippen molar-refractivity contribution >= 4 is 11.8 Å². The fourth-order valence-electron chi connectivity index (χ4n) is 3.86. The standard InChI is InChI=1S/C19H34N2O2/c1-19(2,3)18(23)21-13-10-16(11-14-21)17(22)20-12-6-9-15-7-4-5-8-15/h15-16H,4-14H2,1-3H3,(H,20,22). The predicted octanol–water partition coefficient (Wildman–Crippen LogP) is 3.36. The van der Waals surface area contributed by atoms with Gasteiger partial charge in [0.2, 0.25) is 11.8 Å². The molecule has 1 aliphatic carbocycles. The van der Waals surface area contributed by atoms with Gasteiger partial charge < -0.3 is 10.2 Å². The number of nitrogens with one attached hydrogen (secondary N) is 1. The summed E-state index contributed by atoms with van der Waals surface area (Å²) in [5, 5.41) is 3.11. The van der Waals surface area contributed by atoms with E-state index in [0.717, 1.165) is 44.8 Å². The third-order valence-corrected chi connectivity index (χ3v) is 5.36. The molecule has 23 heavy (non-hydrogen) atoms. The van der Waals surface area contributed by atoms with Crippen LogP contribution in [0, 0.1) is 17.3 Å². The van der Waals surface area contributed by atoms with Crippen molar-refractivity contribution in [1.29, 1.82) is 0 Å². The maximum absolute atomic E-state index is 12.3. The van der Waals surface area contributed by atoms with Crippen LogP contribution < -0.4 is 5.32 Å². The molecule has 0 aromatic carbocycles. The van der Waals surface area contributed by atoms with Gasteiger partial charge in [0.25, 0.3) is 0 Å². The largest absolute Gasteiger partial charge is 0.356 e. The summed E-state index contributed by atoms with van der Waals surface area (Å²) in [7, 11) is 0.